The summed E-state index contributed by atoms with van der Waals surface area (Å²) in [6.07, 6.45) is 2.92. The molecule has 0 unspecified atom stereocenters. The number of hydrogen-bond acceptors (Lipinski definition) is 1. The molecule has 1 aromatic carbocycles. The number of nitrogens with one attached hydrogen (secondary N) is 1. The van der Waals surface area contributed by atoms with E-state index in [0.717, 1.165) is 6.42 Å². The van der Waals surface area contributed by atoms with E-state index in [1.54, 1.807) is 3.07 Å². The van der Waals surface area contributed by atoms with Crippen molar-refractivity contribution >= 4 is 3.07 Å². The van der Waals surface area contributed by atoms with Crippen LogP contribution in [0.25, 0.3) is 0 Å². The van der Waals surface area contributed by atoms with Gasteiger partial charge in [0.2, 0.25) is 0 Å². The zero-order valence-electron chi connectivity index (χ0n) is 7.51. The summed E-state index contributed by atoms with van der Waals surface area (Å²) in [5.74, 6) is 0. The molecule has 0 amide bonds. The molecule has 0 aromatic heterocycles. The summed E-state index contributed by atoms with van der Waals surface area (Å²) in [5, 5.41) is 0. The van der Waals surface area contributed by atoms with E-state index in [-0.39, 0.29) is 0 Å². The molecule has 0 bridgehead atoms. The zero-order chi connectivity index (χ0) is 8.81. The average molecular weight is 348 g/mol. The van der Waals surface area contributed by atoms with Gasteiger partial charge in [0.1, 0.15) is 0 Å². The van der Waals surface area contributed by atoms with Crippen LogP contribution in [0.15, 0.2) is 36.9 Å². The Balaban J connectivity index is 2.64. The summed E-state index contributed by atoms with van der Waals surface area (Å²) in [6.45, 7) is 3.72. The van der Waals surface area contributed by atoms with Gasteiger partial charge in [0.15, 0.2) is 0 Å². The standard InChI is InChI=1S/C9H9.CH4N.Hg/c1-2-6-9-7-4-3-5-8-9;1-2;/h2,4-5,7-8H,1,6H2;2H,1H3;/q;-1;+1. The monoisotopic (exact) mass is 349 g/mol. The van der Waals surface area contributed by atoms with Crippen LogP contribution in [0.3, 0.4) is 0 Å². The number of benzene rings is 1. The Labute approximate surface area is 86.7 Å². The van der Waals surface area contributed by atoms with E-state index in [9.17, 15) is 0 Å². The molecule has 2 heteroatoms. The fourth-order valence-electron chi connectivity index (χ4n) is 1.16. The topological polar surface area (TPSA) is 12.0 Å². The van der Waals surface area contributed by atoms with E-state index in [1.165, 1.54) is 5.56 Å². The zero-order valence-corrected chi connectivity index (χ0v) is 13.0. The van der Waals surface area contributed by atoms with E-state index in [2.05, 4.69) is 41.0 Å². The van der Waals surface area contributed by atoms with Gasteiger partial charge in [-0.1, -0.05) is 0 Å². The third-order valence-electron chi connectivity index (χ3n) is 1.78. The molecule has 1 N–H and O–H groups in total. The van der Waals surface area contributed by atoms with Gasteiger partial charge in [0, 0.05) is 0 Å². The maximum absolute atomic E-state index is 3.72. The van der Waals surface area contributed by atoms with Gasteiger partial charge in [0.05, 0.1) is 0 Å². The molecule has 0 fully saturated rings. The molecule has 12 heavy (non-hydrogen) atoms. The van der Waals surface area contributed by atoms with Crippen LogP contribution in [-0.4, -0.2) is 7.05 Å². The van der Waals surface area contributed by atoms with Crippen LogP contribution in [0.2, 0.25) is 0 Å². The van der Waals surface area contributed by atoms with Gasteiger partial charge in [-0.05, 0) is 0 Å². The Kier molecular flexibility index (Phi) is 4.55. The first kappa shape index (κ1) is 9.94. The van der Waals surface area contributed by atoms with Crippen molar-refractivity contribution in [2.75, 3.05) is 7.05 Å². The van der Waals surface area contributed by atoms with Gasteiger partial charge in [-0.2, -0.15) is 0 Å². The van der Waals surface area contributed by atoms with Gasteiger partial charge < -0.3 is 0 Å². The first-order valence-electron chi connectivity index (χ1n) is 4.20. The second-order valence-electron chi connectivity index (χ2n) is 2.84. The van der Waals surface area contributed by atoms with Crippen LogP contribution in [0.5, 0.6) is 0 Å². The molecule has 1 rings (SSSR count). The molecule has 1 nitrogen and oxygen atoms in total. The van der Waals surface area contributed by atoms with Crippen molar-refractivity contribution in [3.8, 4) is 0 Å². The summed E-state index contributed by atoms with van der Waals surface area (Å²) in [6, 6.07) is 8.90. The predicted molar refractivity (Wildman–Crippen MR) is 49.0 cm³/mol. The molecule has 0 heterocycles. The number of allylic oxidation sites excluding steroid dienone is 1. The van der Waals surface area contributed by atoms with Gasteiger partial charge in [-0.15, -0.1) is 0 Å². The molecule has 60 valence electrons. The number of hydrogen-bond donors (Lipinski definition) is 1. The van der Waals surface area contributed by atoms with E-state index >= 15 is 0 Å². The average Bonchev–Trinajstić information content (AvgIpc) is 2.09. The maximum atomic E-state index is 3.72. The van der Waals surface area contributed by atoms with Gasteiger partial charge in [0.25, 0.3) is 0 Å². The quantitative estimate of drug-likeness (QED) is 0.639. The van der Waals surface area contributed by atoms with Crippen LogP contribution in [0.1, 0.15) is 5.56 Å². The summed E-state index contributed by atoms with van der Waals surface area (Å²) in [4.78, 5) is 0. The Morgan fingerprint density at radius 1 is 1.42 bits per heavy atom. The molecule has 0 atom stereocenters. The predicted octanol–water partition coefficient (Wildman–Crippen LogP) is 1.26. The minimum absolute atomic E-state index is 0.894. The SMILES string of the molecule is C=CCc1cc[c]([Hg][NH]C)cc1. The molecule has 0 spiro atoms. The Bertz CT molecular complexity index is 241. The second-order valence-corrected chi connectivity index (χ2v) is 10.1. The Morgan fingerprint density at radius 2 is 2.08 bits per heavy atom. The summed E-state index contributed by atoms with van der Waals surface area (Å²) >= 11 is -0.894. The Hall–Kier alpha value is -0.145. The van der Waals surface area contributed by atoms with Crippen molar-refractivity contribution < 1.29 is 24.9 Å². The second kappa shape index (κ2) is 5.49. The van der Waals surface area contributed by atoms with E-state index in [4.69, 9.17) is 0 Å². The molecule has 0 aliphatic rings. The summed E-state index contributed by atoms with van der Waals surface area (Å²) < 4.78 is 4.88. The van der Waals surface area contributed by atoms with Gasteiger partial charge in [-0.3, -0.25) is 0 Å². The van der Waals surface area contributed by atoms with E-state index < -0.39 is 24.9 Å². The van der Waals surface area contributed by atoms with Crippen LogP contribution >= 0.6 is 0 Å². The third kappa shape index (κ3) is 3.07. The van der Waals surface area contributed by atoms with Gasteiger partial charge >= 0.3 is 87.0 Å². The molecule has 0 aliphatic carbocycles. The van der Waals surface area contributed by atoms with Crippen molar-refractivity contribution in [2.24, 2.45) is 0 Å². The minimum atomic E-state index is -0.894. The fourth-order valence-corrected chi connectivity index (χ4v) is 4.58. The van der Waals surface area contributed by atoms with Crippen molar-refractivity contribution in [2.45, 2.75) is 6.42 Å². The molecular formula is C10H13HgN. The normalized spacial score (nSPS) is 9.08. The van der Waals surface area contributed by atoms with Crippen molar-refractivity contribution in [1.29, 1.82) is 0 Å². The molecule has 0 radical (unpaired) electrons. The summed E-state index contributed by atoms with van der Waals surface area (Å²) in [7, 11) is 2.05. The molecule has 1 aromatic rings. The third-order valence-corrected chi connectivity index (χ3v) is 6.58. The van der Waals surface area contributed by atoms with E-state index in [0.29, 0.717) is 0 Å². The van der Waals surface area contributed by atoms with Crippen LogP contribution in [-0.2, 0) is 31.3 Å². The van der Waals surface area contributed by atoms with Crippen LogP contribution in [0, 0.1) is 0 Å². The molecule has 0 aliphatic heterocycles. The molecular weight excluding hydrogens is 335 g/mol. The summed E-state index contributed by atoms with van der Waals surface area (Å²) in [5.41, 5.74) is 1.36. The van der Waals surface area contributed by atoms with Gasteiger partial charge in [-0.25, -0.2) is 0 Å². The van der Waals surface area contributed by atoms with Crippen molar-refractivity contribution in [1.82, 2.24) is 3.08 Å². The molecule has 0 saturated heterocycles. The van der Waals surface area contributed by atoms with Crippen molar-refractivity contribution in [3.05, 3.63) is 42.5 Å². The van der Waals surface area contributed by atoms with E-state index in [1.807, 2.05) is 6.08 Å². The van der Waals surface area contributed by atoms with Crippen molar-refractivity contribution in [3.63, 3.8) is 0 Å². The number of rotatable bonds is 4. The van der Waals surface area contributed by atoms with Crippen LogP contribution < -0.4 is 6.15 Å². The molecule has 0 saturated carbocycles. The Morgan fingerprint density at radius 3 is 2.58 bits per heavy atom. The fraction of sp³-hybridized carbons (Fsp3) is 0.200. The first-order valence-corrected chi connectivity index (χ1v) is 9.70. The van der Waals surface area contributed by atoms with Crippen LogP contribution in [0.4, 0.5) is 0 Å². The first-order chi connectivity index (χ1) is 5.86.